The smallest absolute Gasteiger partial charge is 0.256 e. The van der Waals surface area contributed by atoms with E-state index in [0.717, 1.165) is 26.9 Å². The molecular weight excluding hydrogens is 428 g/mol. The molecule has 4 aromatic rings. The van der Waals surface area contributed by atoms with Gasteiger partial charge >= 0.3 is 0 Å². The molecule has 0 spiro atoms. The molecule has 0 saturated heterocycles. The molecule has 0 fully saturated rings. The zero-order chi connectivity index (χ0) is 21.5. The molecule has 4 rings (SSSR count). The number of rotatable bonds is 8. The Balaban J connectivity index is 1.36. The molecule has 0 radical (unpaired) electrons. The number of thioether (sulfide) groups is 1. The molecule has 3 aromatic heterocycles. The summed E-state index contributed by atoms with van der Waals surface area (Å²) >= 11 is 3.34. The van der Waals surface area contributed by atoms with Crippen LogP contribution in [0, 0.1) is 6.92 Å². The first-order valence-corrected chi connectivity index (χ1v) is 11.5. The number of ether oxygens (including phenoxy) is 1. The lowest BCUT2D eigenvalue weighted by Crippen LogP contribution is -2.14. The van der Waals surface area contributed by atoms with E-state index in [1.165, 1.54) is 0 Å². The number of hydrogen-bond acceptors (Lipinski definition) is 7. The van der Waals surface area contributed by atoms with Gasteiger partial charge in [-0.2, -0.15) is 0 Å². The van der Waals surface area contributed by atoms with Crippen LogP contribution >= 0.6 is 23.1 Å². The number of benzene rings is 1. The van der Waals surface area contributed by atoms with Crippen LogP contribution in [0.15, 0.2) is 76.8 Å². The van der Waals surface area contributed by atoms with E-state index >= 15 is 0 Å². The van der Waals surface area contributed by atoms with Gasteiger partial charge in [0.2, 0.25) is 0 Å². The number of pyridine rings is 2. The second-order valence-electron chi connectivity index (χ2n) is 6.69. The number of carbonyl (C=O) groups excluding carboxylic acids is 1. The van der Waals surface area contributed by atoms with Crippen LogP contribution in [0.4, 0.5) is 5.82 Å². The predicted octanol–water partition coefficient (Wildman–Crippen LogP) is 5.37. The highest BCUT2D eigenvalue weighted by molar-refractivity contribution is 8.00. The summed E-state index contributed by atoms with van der Waals surface area (Å²) in [7, 11) is 0. The minimum atomic E-state index is -0.234. The number of hydrogen-bond donors (Lipinski definition) is 1. The van der Waals surface area contributed by atoms with Crippen molar-refractivity contribution in [3.8, 4) is 5.75 Å². The fraction of sp³-hybridized carbons (Fsp3) is 0.130. The highest BCUT2D eigenvalue weighted by atomic mass is 32.2. The molecule has 1 N–H and O–H groups in total. The molecule has 0 aliphatic rings. The zero-order valence-corrected chi connectivity index (χ0v) is 18.5. The van der Waals surface area contributed by atoms with Crippen molar-refractivity contribution < 1.29 is 9.53 Å². The first-order chi connectivity index (χ1) is 15.2. The van der Waals surface area contributed by atoms with Gasteiger partial charge in [0.15, 0.2) is 11.6 Å². The van der Waals surface area contributed by atoms with Gasteiger partial charge in [0.1, 0.15) is 10.9 Å². The molecule has 0 saturated carbocycles. The van der Waals surface area contributed by atoms with E-state index in [-0.39, 0.29) is 5.91 Å². The lowest BCUT2D eigenvalue weighted by atomic mass is 10.1. The maximum Gasteiger partial charge on any atom is 0.256 e. The topological polar surface area (TPSA) is 77.0 Å². The Morgan fingerprint density at radius 2 is 1.87 bits per heavy atom. The Kier molecular flexibility index (Phi) is 6.91. The van der Waals surface area contributed by atoms with Crippen molar-refractivity contribution in [3.63, 3.8) is 0 Å². The zero-order valence-electron chi connectivity index (χ0n) is 16.8. The van der Waals surface area contributed by atoms with Crippen molar-refractivity contribution in [2.45, 2.75) is 23.6 Å². The summed E-state index contributed by atoms with van der Waals surface area (Å²) in [6, 6.07) is 14.9. The average Bonchev–Trinajstić information content (AvgIpc) is 3.23. The molecule has 3 heterocycles. The lowest BCUT2D eigenvalue weighted by molar-refractivity contribution is 0.102. The summed E-state index contributed by atoms with van der Waals surface area (Å²) in [5.41, 5.74) is 3.72. The van der Waals surface area contributed by atoms with Gasteiger partial charge < -0.3 is 10.1 Å². The van der Waals surface area contributed by atoms with Crippen molar-refractivity contribution >= 4 is 34.8 Å². The fourth-order valence-electron chi connectivity index (χ4n) is 2.72. The van der Waals surface area contributed by atoms with E-state index in [1.54, 1.807) is 53.8 Å². The minimum absolute atomic E-state index is 0.234. The van der Waals surface area contributed by atoms with Crippen LogP contribution < -0.4 is 10.1 Å². The van der Waals surface area contributed by atoms with Crippen LogP contribution in [0.25, 0.3) is 0 Å². The number of amides is 1. The van der Waals surface area contributed by atoms with E-state index in [4.69, 9.17) is 4.74 Å². The first kappa shape index (κ1) is 21.0. The van der Waals surface area contributed by atoms with Gasteiger partial charge in [0.05, 0.1) is 0 Å². The molecule has 31 heavy (non-hydrogen) atoms. The molecule has 8 heteroatoms. The van der Waals surface area contributed by atoms with E-state index in [2.05, 4.69) is 20.3 Å². The SMILES string of the molecule is Cc1csc(SCc2ccc(C(=O)Nc3ncccc3OCc3ccncc3)cc2)n1. The molecule has 0 aliphatic carbocycles. The second-order valence-corrected chi connectivity index (χ2v) is 8.77. The Hall–Kier alpha value is -3.23. The normalized spacial score (nSPS) is 10.6. The van der Waals surface area contributed by atoms with E-state index in [9.17, 15) is 4.79 Å². The summed E-state index contributed by atoms with van der Waals surface area (Å²) in [6.45, 7) is 2.35. The van der Waals surface area contributed by atoms with E-state index in [0.29, 0.717) is 23.7 Å². The molecule has 6 nitrogen and oxygen atoms in total. The molecule has 0 bridgehead atoms. The largest absolute Gasteiger partial charge is 0.485 e. The van der Waals surface area contributed by atoms with Crippen LogP contribution in [0.5, 0.6) is 5.75 Å². The molecule has 0 unspecified atom stereocenters. The van der Waals surface area contributed by atoms with Crippen molar-refractivity contribution in [2.75, 3.05) is 5.32 Å². The number of aryl methyl sites for hydroxylation is 1. The predicted molar refractivity (Wildman–Crippen MR) is 124 cm³/mol. The van der Waals surface area contributed by atoms with Crippen LogP contribution in [0.2, 0.25) is 0 Å². The van der Waals surface area contributed by atoms with Crippen LogP contribution in [0.1, 0.15) is 27.2 Å². The van der Waals surface area contributed by atoms with Gasteiger partial charge in [-0.15, -0.1) is 11.3 Å². The van der Waals surface area contributed by atoms with Crippen molar-refractivity contribution in [1.82, 2.24) is 15.0 Å². The number of nitrogens with zero attached hydrogens (tertiary/aromatic N) is 3. The third-order valence-electron chi connectivity index (χ3n) is 4.32. The summed E-state index contributed by atoms with van der Waals surface area (Å²) in [5.74, 6) is 1.48. The van der Waals surface area contributed by atoms with Crippen molar-refractivity contribution in [1.29, 1.82) is 0 Å². The quantitative estimate of drug-likeness (QED) is 0.366. The number of nitrogens with one attached hydrogen (secondary N) is 1. The Morgan fingerprint density at radius 1 is 1.06 bits per heavy atom. The maximum absolute atomic E-state index is 12.7. The molecule has 0 atom stereocenters. The first-order valence-electron chi connectivity index (χ1n) is 9.59. The number of aromatic nitrogens is 3. The molecule has 1 aromatic carbocycles. The van der Waals surface area contributed by atoms with E-state index < -0.39 is 0 Å². The lowest BCUT2D eigenvalue weighted by Gasteiger charge is -2.11. The maximum atomic E-state index is 12.7. The molecule has 156 valence electrons. The highest BCUT2D eigenvalue weighted by Gasteiger charge is 2.12. The van der Waals surface area contributed by atoms with Gasteiger partial charge in [-0.1, -0.05) is 23.9 Å². The summed E-state index contributed by atoms with van der Waals surface area (Å²) in [4.78, 5) is 25.4. The van der Waals surface area contributed by atoms with Crippen LogP contribution in [-0.2, 0) is 12.4 Å². The monoisotopic (exact) mass is 448 g/mol. The molecule has 0 aliphatic heterocycles. The average molecular weight is 449 g/mol. The number of thiazole rings is 1. The Morgan fingerprint density at radius 3 is 2.61 bits per heavy atom. The standard InChI is InChI=1S/C23H20N4O2S2/c1-16-14-30-23(26-16)31-15-18-4-6-19(7-5-18)22(28)27-21-20(3-2-10-25-21)29-13-17-8-11-24-12-9-17/h2-12,14H,13,15H2,1H3,(H,25,27,28). The van der Waals surface area contributed by atoms with Gasteiger partial charge in [-0.05, 0) is 54.4 Å². The summed E-state index contributed by atoms with van der Waals surface area (Å²) in [6.07, 6.45) is 5.05. The van der Waals surface area contributed by atoms with Crippen LogP contribution in [0.3, 0.4) is 0 Å². The molecule has 1 amide bonds. The fourth-order valence-corrected chi connectivity index (χ4v) is 4.52. The second kappa shape index (κ2) is 10.2. The Labute approximate surface area is 188 Å². The third-order valence-corrected chi connectivity index (χ3v) is 6.53. The van der Waals surface area contributed by atoms with Crippen LogP contribution in [-0.4, -0.2) is 20.9 Å². The minimum Gasteiger partial charge on any atom is -0.485 e. The van der Waals surface area contributed by atoms with Gasteiger partial charge in [-0.3, -0.25) is 9.78 Å². The number of anilines is 1. The van der Waals surface area contributed by atoms with Gasteiger partial charge in [-0.25, -0.2) is 9.97 Å². The van der Waals surface area contributed by atoms with Crippen molar-refractivity contribution in [2.24, 2.45) is 0 Å². The van der Waals surface area contributed by atoms with Gasteiger partial charge in [0.25, 0.3) is 5.91 Å². The summed E-state index contributed by atoms with van der Waals surface area (Å²) in [5, 5.41) is 4.89. The summed E-state index contributed by atoms with van der Waals surface area (Å²) < 4.78 is 6.89. The van der Waals surface area contributed by atoms with Crippen molar-refractivity contribution in [3.05, 3.63) is 94.9 Å². The number of carbonyl (C=O) groups is 1. The van der Waals surface area contributed by atoms with E-state index in [1.807, 2.05) is 48.7 Å². The molecular formula is C23H20N4O2S2. The Bertz CT molecular complexity index is 1150. The van der Waals surface area contributed by atoms with Gasteiger partial charge in [0, 0.05) is 41.0 Å². The third kappa shape index (κ3) is 5.90. The highest BCUT2D eigenvalue weighted by Crippen LogP contribution is 2.26.